The first kappa shape index (κ1) is 15.4. The number of nitrogens with two attached hydrogens (primary N) is 2. The lowest BCUT2D eigenvalue weighted by atomic mass is 10.1. The van der Waals surface area contributed by atoms with Crippen molar-refractivity contribution in [3.05, 3.63) is 29.2 Å². The molecule has 5 N–H and O–H groups in total. The van der Waals surface area contributed by atoms with Crippen molar-refractivity contribution in [2.75, 3.05) is 11.5 Å². The summed E-state index contributed by atoms with van der Waals surface area (Å²) in [6, 6.07) is 1.95. The summed E-state index contributed by atoms with van der Waals surface area (Å²) in [6.07, 6.45) is -1.41. The normalized spacial score (nSPS) is 11.6. The van der Waals surface area contributed by atoms with Gasteiger partial charge in [-0.05, 0) is 12.1 Å². The standard InChI is InChI=1S/C10H7ClF2N4O3S/c11-6-8(16-10(13)17-9(6)12)3-1-4(14)7(15)5(2-3)21(18,19)20/h1-2H,14-15H2,(H,18,19,20). The fourth-order valence-electron chi connectivity index (χ4n) is 1.58. The van der Waals surface area contributed by atoms with Crippen LogP contribution in [0.25, 0.3) is 11.3 Å². The predicted octanol–water partition coefficient (Wildman–Crippen LogP) is 1.49. The number of benzene rings is 1. The fraction of sp³-hybridized carbons (Fsp3) is 0. The SMILES string of the molecule is Nc1cc(-c2nc(F)nc(F)c2Cl)cc(S(=O)(=O)O)c1N. The number of aromatic nitrogens is 2. The molecule has 0 radical (unpaired) electrons. The monoisotopic (exact) mass is 336 g/mol. The Hall–Kier alpha value is -2.04. The number of hydrogen-bond acceptors (Lipinski definition) is 6. The summed E-state index contributed by atoms with van der Waals surface area (Å²) >= 11 is 5.61. The highest BCUT2D eigenvalue weighted by molar-refractivity contribution is 7.86. The molecule has 2 rings (SSSR count). The molecule has 1 heterocycles. The number of hydrogen-bond donors (Lipinski definition) is 3. The number of nitrogen functional groups attached to an aromatic ring is 2. The second-order valence-electron chi connectivity index (χ2n) is 3.90. The highest BCUT2D eigenvalue weighted by Crippen LogP contribution is 2.34. The Kier molecular flexibility index (Phi) is 3.70. The van der Waals surface area contributed by atoms with Gasteiger partial charge in [-0.1, -0.05) is 11.6 Å². The summed E-state index contributed by atoms with van der Waals surface area (Å²) in [6.45, 7) is 0. The van der Waals surface area contributed by atoms with Gasteiger partial charge in [0, 0.05) is 5.56 Å². The van der Waals surface area contributed by atoms with Gasteiger partial charge in [-0.25, -0.2) is 4.98 Å². The van der Waals surface area contributed by atoms with E-state index in [-0.39, 0.29) is 11.3 Å². The van der Waals surface area contributed by atoms with Gasteiger partial charge in [-0.2, -0.15) is 22.2 Å². The first-order valence-electron chi connectivity index (χ1n) is 5.16. The van der Waals surface area contributed by atoms with E-state index < -0.39 is 43.4 Å². The van der Waals surface area contributed by atoms with Crippen LogP contribution in [0.3, 0.4) is 0 Å². The Balaban J connectivity index is 2.81. The Morgan fingerprint density at radius 3 is 2.38 bits per heavy atom. The van der Waals surface area contributed by atoms with Crippen LogP contribution in [0.4, 0.5) is 20.2 Å². The Morgan fingerprint density at radius 1 is 1.19 bits per heavy atom. The van der Waals surface area contributed by atoms with Crippen LogP contribution in [0.2, 0.25) is 5.02 Å². The minimum absolute atomic E-state index is 0.153. The van der Waals surface area contributed by atoms with Crippen molar-refractivity contribution in [1.82, 2.24) is 9.97 Å². The maximum Gasteiger partial charge on any atom is 0.311 e. The largest absolute Gasteiger partial charge is 0.397 e. The average Bonchev–Trinajstić information content (AvgIpc) is 2.35. The maximum absolute atomic E-state index is 13.3. The van der Waals surface area contributed by atoms with Crippen LogP contribution >= 0.6 is 11.6 Å². The third-order valence-corrected chi connectivity index (χ3v) is 3.74. The Morgan fingerprint density at radius 2 is 1.81 bits per heavy atom. The van der Waals surface area contributed by atoms with E-state index in [1.165, 1.54) is 0 Å². The molecule has 0 atom stereocenters. The molecule has 112 valence electrons. The number of halogens is 3. The summed E-state index contributed by atoms with van der Waals surface area (Å²) in [5.41, 5.74) is 9.71. The van der Waals surface area contributed by atoms with Gasteiger partial charge in [-0.15, -0.1) is 0 Å². The Bertz CT molecular complexity index is 845. The van der Waals surface area contributed by atoms with Crippen molar-refractivity contribution < 1.29 is 21.8 Å². The van der Waals surface area contributed by atoms with Crippen LogP contribution < -0.4 is 11.5 Å². The molecule has 0 aliphatic carbocycles. The minimum Gasteiger partial charge on any atom is -0.397 e. The number of anilines is 2. The fourth-order valence-corrected chi connectivity index (χ4v) is 2.45. The van der Waals surface area contributed by atoms with E-state index in [0.29, 0.717) is 0 Å². The molecule has 1 aromatic carbocycles. The van der Waals surface area contributed by atoms with Crippen LogP contribution in [0, 0.1) is 12.0 Å². The lowest BCUT2D eigenvalue weighted by Gasteiger charge is -2.10. The van der Waals surface area contributed by atoms with Crippen molar-refractivity contribution >= 4 is 33.1 Å². The molecule has 2 aromatic rings. The first-order chi connectivity index (χ1) is 9.61. The van der Waals surface area contributed by atoms with Gasteiger partial charge in [0.25, 0.3) is 10.1 Å². The van der Waals surface area contributed by atoms with Gasteiger partial charge in [0.15, 0.2) is 0 Å². The molecule has 0 saturated heterocycles. The molecule has 0 aliphatic heterocycles. The molecule has 1 aromatic heterocycles. The van der Waals surface area contributed by atoms with Crippen LogP contribution in [-0.2, 0) is 10.1 Å². The van der Waals surface area contributed by atoms with Crippen LogP contribution in [-0.4, -0.2) is 22.9 Å². The summed E-state index contributed by atoms with van der Waals surface area (Å²) in [5, 5.41) is -0.637. The quantitative estimate of drug-likeness (QED) is 0.327. The summed E-state index contributed by atoms with van der Waals surface area (Å²) < 4.78 is 57.9. The maximum atomic E-state index is 13.3. The molecule has 7 nitrogen and oxygen atoms in total. The molecular formula is C10H7ClF2N4O3S. The summed E-state index contributed by atoms with van der Waals surface area (Å²) in [4.78, 5) is 5.32. The van der Waals surface area contributed by atoms with Gasteiger partial charge >= 0.3 is 6.08 Å². The zero-order valence-electron chi connectivity index (χ0n) is 10.0. The van der Waals surface area contributed by atoms with Gasteiger partial charge in [0.05, 0.1) is 17.1 Å². The van der Waals surface area contributed by atoms with Crippen LogP contribution in [0.15, 0.2) is 17.0 Å². The van der Waals surface area contributed by atoms with Gasteiger partial charge in [0.2, 0.25) is 5.95 Å². The van der Waals surface area contributed by atoms with Crippen molar-refractivity contribution in [3.63, 3.8) is 0 Å². The average molecular weight is 337 g/mol. The predicted molar refractivity (Wildman–Crippen MR) is 71.0 cm³/mol. The minimum atomic E-state index is -4.70. The van der Waals surface area contributed by atoms with Crippen molar-refractivity contribution in [3.8, 4) is 11.3 Å². The molecule has 0 amide bonds. The molecule has 0 spiro atoms. The molecule has 11 heteroatoms. The second-order valence-corrected chi connectivity index (χ2v) is 5.67. The van der Waals surface area contributed by atoms with Gasteiger partial charge < -0.3 is 11.5 Å². The van der Waals surface area contributed by atoms with E-state index in [9.17, 15) is 17.2 Å². The van der Waals surface area contributed by atoms with E-state index in [0.717, 1.165) is 12.1 Å². The van der Waals surface area contributed by atoms with E-state index in [4.69, 9.17) is 27.6 Å². The highest BCUT2D eigenvalue weighted by Gasteiger charge is 2.21. The first-order valence-corrected chi connectivity index (χ1v) is 6.98. The smallest absolute Gasteiger partial charge is 0.311 e. The van der Waals surface area contributed by atoms with Crippen LogP contribution in [0.1, 0.15) is 0 Å². The number of rotatable bonds is 2. The molecule has 0 bridgehead atoms. The zero-order chi connectivity index (χ0) is 15.9. The third kappa shape index (κ3) is 2.86. The summed E-state index contributed by atoms with van der Waals surface area (Å²) in [7, 11) is -4.70. The van der Waals surface area contributed by atoms with Crippen LogP contribution in [0.5, 0.6) is 0 Å². The third-order valence-electron chi connectivity index (χ3n) is 2.51. The molecule has 0 fully saturated rings. The van der Waals surface area contributed by atoms with E-state index in [2.05, 4.69) is 9.97 Å². The molecular weight excluding hydrogens is 330 g/mol. The molecule has 0 unspecified atom stereocenters. The highest BCUT2D eigenvalue weighted by atomic mass is 35.5. The lowest BCUT2D eigenvalue weighted by molar-refractivity contribution is 0.483. The summed E-state index contributed by atoms with van der Waals surface area (Å²) in [5.74, 6) is -1.33. The van der Waals surface area contributed by atoms with Crippen molar-refractivity contribution in [1.29, 1.82) is 0 Å². The van der Waals surface area contributed by atoms with Gasteiger partial charge in [0.1, 0.15) is 9.92 Å². The zero-order valence-corrected chi connectivity index (χ0v) is 11.6. The van der Waals surface area contributed by atoms with E-state index in [1.54, 1.807) is 0 Å². The topological polar surface area (TPSA) is 132 Å². The second kappa shape index (κ2) is 5.06. The number of nitrogens with zero attached hydrogens (tertiary/aromatic N) is 2. The molecule has 0 saturated carbocycles. The molecule has 0 aliphatic rings. The van der Waals surface area contributed by atoms with E-state index in [1.807, 2.05) is 0 Å². The van der Waals surface area contributed by atoms with Crippen molar-refractivity contribution in [2.45, 2.75) is 4.90 Å². The molecule has 21 heavy (non-hydrogen) atoms. The van der Waals surface area contributed by atoms with E-state index >= 15 is 0 Å². The van der Waals surface area contributed by atoms with Crippen molar-refractivity contribution in [2.24, 2.45) is 0 Å². The Labute approximate surface area is 122 Å². The van der Waals surface area contributed by atoms with Gasteiger partial charge in [-0.3, -0.25) is 4.55 Å². The lowest BCUT2D eigenvalue weighted by Crippen LogP contribution is -2.07.